The Balaban J connectivity index is 1.71. The maximum absolute atomic E-state index is 13.0. The van der Waals surface area contributed by atoms with Crippen molar-refractivity contribution >= 4 is 5.97 Å². The topological polar surface area (TPSA) is 50.4 Å². The lowest BCUT2D eigenvalue weighted by atomic mass is 9.59. The van der Waals surface area contributed by atoms with Gasteiger partial charge in [-0.1, -0.05) is 37.3 Å². The zero-order chi connectivity index (χ0) is 14.9. The van der Waals surface area contributed by atoms with E-state index in [4.69, 9.17) is 4.74 Å². The third-order valence-corrected chi connectivity index (χ3v) is 6.78. The van der Waals surface area contributed by atoms with Gasteiger partial charge < -0.3 is 4.74 Å². The van der Waals surface area contributed by atoms with Gasteiger partial charge in [0, 0.05) is 11.8 Å². The van der Waals surface area contributed by atoms with Crippen molar-refractivity contribution in [1.29, 1.82) is 0 Å². The molecule has 2 aliphatic carbocycles. The largest absolute Gasteiger partial charge is 0.441 e. The van der Waals surface area contributed by atoms with Crippen molar-refractivity contribution in [1.82, 2.24) is 10.9 Å². The fourth-order valence-corrected chi connectivity index (χ4v) is 5.96. The monoisotopic (exact) mass is 298 g/mol. The number of hydrazine groups is 1. The van der Waals surface area contributed by atoms with Crippen molar-refractivity contribution in [3.8, 4) is 0 Å². The number of carbonyl (C=O) groups is 1. The summed E-state index contributed by atoms with van der Waals surface area (Å²) in [5, 5.41) is 0. The van der Waals surface area contributed by atoms with Crippen LogP contribution >= 0.6 is 0 Å². The number of rotatable bonds is 2. The lowest BCUT2D eigenvalue weighted by molar-refractivity contribution is -0.251. The predicted octanol–water partition coefficient (Wildman–Crippen LogP) is 2.32. The molecule has 0 aromatic heterocycles. The second-order valence-electron chi connectivity index (χ2n) is 7.44. The first kappa shape index (κ1) is 13.1. The molecule has 3 aliphatic heterocycles. The average Bonchev–Trinajstić information content (AvgIpc) is 3.19. The molecule has 5 aliphatic rings. The molecule has 5 fully saturated rings. The predicted molar refractivity (Wildman–Crippen MR) is 81.3 cm³/mol. The highest BCUT2D eigenvalue weighted by atomic mass is 16.6. The van der Waals surface area contributed by atoms with Gasteiger partial charge >= 0.3 is 5.97 Å². The maximum atomic E-state index is 13.0. The van der Waals surface area contributed by atoms with Crippen molar-refractivity contribution in [2.75, 3.05) is 0 Å². The number of nitrogens with one attached hydrogen (secondary N) is 2. The molecule has 4 heteroatoms. The smallest absolute Gasteiger partial charge is 0.334 e. The molecule has 116 valence electrons. The quantitative estimate of drug-likeness (QED) is 0.823. The molecule has 4 nitrogen and oxygen atoms in total. The number of fused-ring (bicyclic) bond motifs is 4. The third-order valence-electron chi connectivity index (χ3n) is 6.78. The molecule has 2 saturated carbocycles. The van der Waals surface area contributed by atoms with Crippen molar-refractivity contribution in [3.63, 3.8) is 0 Å². The lowest BCUT2D eigenvalue weighted by Crippen LogP contribution is -2.82. The van der Waals surface area contributed by atoms with E-state index in [0.717, 1.165) is 12.0 Å². The minimum atomic E-state index is -0.706. The fourth-order valence-electron chi connectivity index (χ4n) is 5.96. The molecule has 1 aromatic carbocycles. The van der Waals surface area contributed by atoms with Crippen LogP contribution in [0.15, 0.2) is 30.3 Å². The third kappa shape index (κ3) is 1.30. The molecule has 3 heterocycles. The van der Waals surface area contributed by atoms with Crippen LogP contribution in [0, 0.1) is 23.7 Å². The van der Waals surface area contributed by atoms with Crippen LogP contribution in [0.1, 0.15) is 38.2 Å². The van der Waals surface area contributed by atoms with Gasteiger partial charge in [-0.25, -0.2) is 15.6 Å². The highest BCUT2D eigenvalue weighted by Crippen LogP contribution is 2.65. The van der Waals surface area contributed by atoms with E-state index in [1.807, 2.05) is 18.2 Å². The number of ether oxygens (including phenoxy) is 1. The highest BCUT2D eigenvalue weighted by Gasteiger charge is 2.73. The summed E-state index contributed by atoms with van der Waals surface area (Å²) in [6.45, 7) is 2.12. The van der Waals surface area contributed by atoms with Crippen LogP contribution < -0.4 is 10.9 Å². The molecule has 2 N–H and O–H groups in total. The average molecular weight is 298 g/mol. The maximum Gasteiger partial charge on any atom is 0.334 e. The Kier molecular flexibility index (Phi) is 2.45. The zero-order valence-corrected chi connectivity index (χ0v) is 12.8. The highest BCUT2D eigenvalue weighted by molar-refractivity contribution is 5.85. The molecule has 4 bridgehead atoms. The molecular weight excluding hydrogens is 276 g/mol. The molecule has 0 spiro atoms. The summed E-state index contributed by atoms with van der Waals surface area (Å²) in [7, 11) is 0. The van der Waals surface area contributed by atoms with E-state index in [0.29, 0.717) is 23.7 Å². The molecule has 1 unspecified atom stereocenters. The minimum Gasteiger partial charge on any atom is -0.441 e. The molecular formula is C18H22N2O2. The van der Waals surface area contributed by atoms with Gasteiger partial charge in [0.2, 0.25) is 0 Å². The van der Waals surface area contributed by atoms with Gasteiger partial charge in [-0.05, 0) is 43.1 Å². The fraction of sp³-hybridized carbons (Fsp3) is 0.611. The van der Waals surface area contributed by atoms with E-state index in [2.05, 4.69) is 29.9 Å². The lowest BCUT2D eigenvalue weighted by Gasteiger charge is -2.62. The van der Waals surface area contributed by atoms with Gasteiger partial charge in [0.1, 0.15) is 0 Å². The van der Waals surface area contributed by atoms with Crippen LogP contribution in [0.2, 0.25) is 0 Å². The van der Waals surface area contributed by atoms with Crippen LogP contribution in [-0.4, -0.2) is 11.7 Å². The molecule has 22 heavy (non-hydrogen) atoms. The number of esters is 1. The van der Waals surface area contributed by atoms with Gasteiger partial charge in [-0.2, -0.15) is 0 Å². The summed E-state index contributed by atoms with van der Waals surface area (Å²) in [6.07, 6.45) is 4.62. The minimum absolute atomic E-state index is 0.0897. The number of carbonyl (C=O) groups excluding carboxylic acids is 1. The summed E-state index contributed by atoms with van der Waals surface area (Å²) < 4.78 is 6.03. The van der Waals surface area contributed by atoms with Crippen molar-refractivity contribution in [3.05, 3.63) is 35.9 Å². The first-order valence-corrected chi connectivity index (χ1v) is 8.54. The Bertz CT molecular complexity index is 633. The molecule has 3 saturated heterocycles. The molecule has 0 radical (unpaired) electrons. The Morgan fingerprint density at radius 2 is 1.86 bits per heavy atom. The van der Waals surface area contributed by atoms with Crippen molar-refractivity contribution in [2.24, 2.45) is 23.7 Å². The second kappa shape index (κ2) is 4.12. The number of hydrogen-bond acceptors (Lipinski definition) is 4. The Morgan fingerprint density at radius 1 is 1.14 bits per heavy atom. The van der Waals surface area contributed by atoms with Gasteiger partial charge in [0.05, 0.1) is 0 Å². The summed E-state index contributed by atoms with van der Waals surface area (Å²) >= 11 is 0. The van der Waals surface area contributed by atoms with Crippen LogP contribution in [0.4, 0.5) is 0 Å². The Hall–Kier alpha value is -1.39. The van der Waals surface area contributed by atoms with Crippen LogP contribution in [0.3, 0.4) is 0 Å². The van der Waals surface area contributed by atoms with E-state index in [1.165, 1.54) is 19.3 Å². The normalized spacial score (nSPS) is 48.3. The van der Waals surface area contributed by atoms with E-state index in [1.54, 1.807) is 0 Å². The summed E-state index contributed by atoms with van der Waals surface area (Å²) in [5.41, 5.74) is 6.67. The van der Waals surface area contributed by atoms with Crippen LogP contribution in [0.25, 0.3) is 0 Å². The van der Waals surface area contributed by atoms with Crippen molar-refractivity contribution < 1.29 is 9.53 Å². The summed E-state index contributed by atoms with van der Waals surface area (Å²) in [6, 6.07) is 10.1. The molecule has 6 rings (SSSR count). The standard InChI is InChI=1S/C18H22N2O2/c1-2-17-14-11-8-9-12(10-11)15(14)18(20-19-17,16(21)22-17)13-6-4-3-5-7-13/h3-7,11-12,14-15,19-20H,2,8-10H2,1H3/t11-,12-,14+,15?,17-,18-/m0/s1. The number of hydrogen-bond donors (Lipinski definition) is 2. The van der Waals surface area contributed by atoms with Crippen molar-refractivity contribution in [2.45, 2.75) is 43.9 Å². The van der Waals surface area contributed by atoms with E-state index < -0.39 is 11.3 Å². The Morgan fingerprint density at radius 3 is 2.55 bits per heavy atom. The van der Waals surface area contributed by atoms with Crippen LogP contribution in [0.5, 0.6) is 0 Å². The molecule has 6 atom stereocenters. The number of benzene rings is 1. The van der Waals surface area contributed by atoms with Gasteiger partial charge in [-0.3, -0.25) is 0 Å². The van der Waals surface area contributed by atoms with Crippen LogP contribution in [-0.2, 0) is 15.1 Å². The first-order valence-electron chi connectivity index (χ1n) is 8.54. The second-order valence-corrected chi connectivity index (χ2v) is 7.44. The molecule has 1 aromatic rings. The van der Waals surface area contributed by atoms with E-state index in [-0.39, 0.29) is 5.97 Å². The summed E-state index contributed by atoms with van der Waals surface area (Å²) in [4.78, 5) is 13.0. The Labute approximate surface area is 130 Å². The summed E-state index contributed by atoms with van der Waals surface area (Å²) in [5.74, 6) is 2.05. The van der Waals surface area contributed by atoms with Gasteiger partial charge in [0.15, 0.2) is 11.3 Å². The van der Waals surface area contributed by atoms with Gasteiger partial charge in [-0.15, -0.1) is 0 Å². The first-order chi connectivity index (χ1) is 10.7. The SMILES string of the molecule is CC[C@]12NN[C@](c3ccccc3)(C(=O)O1)C1[C@H]3CC[C@@H](C3)[C@H]12. The van der Waals surface area contributed by atoms with E-state index >= 15 is 0 Å². The van der Waals surface area contributed by atoms with Gasteiger partial charge in [0.25, 0.3) is 0 Å². The van der Waals surface area contributed by atoms with E-state index in [9.17, 15) is 4.79 Å². The molecule has 0 amide bonds. The zero-order valence-electron chi connectivity index (χ0n) is 12.8.